The summed E-state index contributed by atoms with van der Waals surface area (Å²) < 4.78 is 0. The topological polar surface area (TPSA) is 54.9 Å². The van der Waals surface area contributed by atoms with Gasteiger partial charge < -0.3 is 5.32 Å². The standard InChI is InChI=1S/C12H8Cl3N3OS/c1-20-12-16-5-7(14)10(18-12)11(19)17-8-4-2-3-6(13)9(8)15/h2-5H,1H3,(H,17,19). The summed E-state index contributed by atoms with van der Waals surface area (Å²) in [6.07, 6.45) is 3.19. The average Bonchev–Trinajstić information content (AvgIpc) is 2.44. The van der Waals surface area contributed by atoms with Gasteiger partial charge in [0.25, 0.3) is 5.91 Å². The SMILES string of the molecule is CSc1ncc(Cl)c(C(=O)Nc2cccc(Cl)c2Cl)n1. The van der Waals surface area contributed by atoms with Gasteiger partial charge in [0.2, 0.25) is 0 Å². The van der Waals surface area contributed by atoms with Gasteiger partial charge in [-0.15, -0.1) is 0 Å². The molecule has 0 bridgehead atoms. The van der Waals surface area contributed by atoms with Gasteiger partial charge in [-0.25, -0.2) is 9.97 Å². The Morgan fingerprint density at radius 3 is 2.70 bits per heavy atom. The number of benzene rings is 1. The van der Waals surface area contributed by atoms with Gasteiger partial charge in [0.15, 0.2) is 10.9 Å². The van der Waals surface area contributed by atoms with Crippen LogP contribution in [0.3, 0.4) is 0 Å². The van der Waals surface area contributed by atoms with Crippen molar-refractivity contribution in [2.75, 3.05) is 11.6 Å². The Labute approximate surface area is 134 Å². The van der Waals surface area contributed by atoms with E-state index in [0.717, 1.165) is 0 Å². The Morgan fingerprint density at radius 2 is 2.00 bits per heavy atom. The number of amides is 1. The van der Waals surface area contributed by atoms with E-state index in [2.05, 4.69) is 15.3 Å². The predicted molar refractivity (Wildman–Crippen MR) is 83.2 cm³/mol. The number of anilines is 1. The van der Waals surface area contributed by atoms with Crippen molar-refractivity contribution in [2.45, 2.75) is 5.16 Å². The molecule has 0 aliphatic rings. The monoisotopic (exact) mass is 347 g/mol. The summed E-state index contributed by atoms with van der Waals surface area (Å²) in [6.45, 7) is 0. The third-order valence-electron chi connectivity index (χ3n) is 2.32. The molecule has 4 nitrogen and oxygen atoms in total. The van der Waals surface area contributed by atoms with Crippen molar-refractivity contribution in [3.63, 3.8) is 0 Å². The number of halogens is 3. The molecule has 2 rings (SSSR count). The van der Waals surface area contributed by atoms with E-state index in [4.69, 9.17) is 34.8 Å². The lowest BCUT2D eigenvalue weighted by Crippen LogP contribution is -2.15. The summed E-state index contributed by atoms with van der Waals surface area (Å²) in [5.41, 5.74) is 0.478. The van der Waals surface area contributed by atoms with E-state index in [9.17, 15) is 4.79 Å². The molecule has 0 atom stereocenters. The van der Waals surface area contributed by atoms with Crippen molar-refractivity contribution in [3.05, 3.63) is 45.2 Å². The highest BCUT2D eigenvalue weighted by Crippen LogP contribution is 2.30. The Kier molecular flexibility index (Phi) is 5.10. The third kappa shape index (κ3) is 3.35. The second-order valence-electron chi connectivity index (χ2n) is 3.61. The lowest BCUT2D eigenvalue weighted by molar-refractivity contribution is 0.102. The lowest BCUT2D eigenvalue weighted by atomic mass is 10.3. The molecule has 2 aromatic rings. The number of nitrogens with one attached hydrogen (secondary N) is 1. The molecule has 1 aromatic heterocycles. The number of carbonyl (C=O) groups is 1. The molecule has 0 spiro atoms. The molecule has 1 N–H and O–H groups in total. The summed E-state index contributed by atoms with van der Waals surface area (Å²) >= 11 is 19.1. The Hall–Kier alpha value is -1.01. The maximum absolute atomic E-state index is 12.2. The molecule has 0 radical (unpaired) electrons. The van der Waals surface area contributed by atoms with Gasteiger partial charge in [-0.2, -0.15) is 0 Å². The molecular weight excluding hydrogens is 341 g/mol. The van der Waals surface area contributed by atoms with Gasteiger partial charge in [0.05, 0.1) is 27.0 Å². The van der Waals surface area contributed by atoms with Crippen molar-refractivity contribution in [1.29, 1.82) is 0 Å². The molecular formula is C12H8Cl3N3OS. The van der Waals surface area contributed by atoms with Crippen molar-refractivity contribution < 1.29 is 4.79 Å². The van der Waals surface area contributed by atoms with Gasteiger partial charge in [-0.3, -0.25) is 4.79 Å². The van der Waals surface area contributed by atoms with Gasteiger partial charge in [0, 0.05) is 0 Å². The number of thioether (sulfide) groups is 1. The van der Waals surface area contributed by atoms with E-state index in [1.165, 1.54) is 18.0 Å². The molecule has 0 fully saturated rings. The predicted octanol–water partition coefficient (Wildman–Crippen LogP) is 4.41. The van der Waals surface area contributed by atoms with Gasteiger partial charge in [-0.1, -0.05) is 52.6 Å². The fourth-order valence-corrected chi connectivity index (χ4v) is 2.26. The van der Waals surface area contributed by atoms with Crippen LogP contribution in [0.5, 0.6) is 0 Å². The first-order valence-electron chi connectivity index (χ1n) is 5.35. The molecule has 0 saturated heterocycles. The lowest BCUT2D eigenvalue weighted by Gasteiger charge is -2.09. The molecule has 8 heteroatoms. The van der Waals surface area contributed by atoms with E-state index >= 15 is 0 Å². The summed E-state index contributed by atoms with van der Waals surface area (Å²) in [4.78, 5) is 20.2. The molecule has 1 heterocycles. The largest absolute Gasteiger partial charge is 0.319 e. The van der Waals surface area contributed by atoms with E-state index in [1.54, 1.807) is 24.5 Å². The minimum Gasteiger partial charge on any atom is -0.319 e. The summed E-state index contributed by atoms with van der Waals surface area (Å²) in [5.74, 6) is -0.475. The van der Waals surface area contributed by atoms with Crippen LogP contribution in [0.15, 0.2) is 29.6 Å². The van der Waals surface area contributed by atoms with Crippen LogP contribution in [-0.4, -0.2) is 22.1 Å². The van der Waals surface area contributed by atoms with Crippen LogP contribution in [-0.2, 0) is 0 Å². The van der Waals surface area contributed by atoms with Gasteiger partial charge in [-0.05, 0) is 18.4 Å². The van der Waals surface area contributed by atoms with Gasteiger partial charge in [0.1, 0.15) is 0 Å². The first-order valence-corrected chi connectivity index (χ1v) is 7.70. The van der Waals surface area contributed by atoms with Crippen LogP contribution >= 0.6 is 46.6 Å². The number of carbonyl (C=O) groups excluding carboxylic acids is 1. The summed E-state index contributed by atoms with van der Waals surface area (Å²) in [6, 6.07) is 4.94. The van der Waals surface area contributed by atoms with Crippen LogP contribution < -0.4 is 5.32 Å². The molecule has 104 valence electrons. The van der Waals surface area contributed by atoms with Crippen LogP contribution in [0.25, 0.3) is 0 Å². The Morgan fingerprint density at radius 1 is 1.25 bits per heavy atom. The molecule has 1 amide bonds. The number of rotatable bonds is 3. The highest BCUT2D eigenvalue weighted by Gasteiger charge is 2.16. The maximum atomic E-state index is 12.2. The smallest absolute Gasteiger partial charge is 0.276 e. The maximum Gasteiger partial charge on any atom is 0.276 e. The summed E-state index contributed by atoms with van der Waals surface area (Å²) in [5, 5.41) is 3.85. The minimum absolute atomic E-state index is 0.0852. The second kappa shape index (κ2) is 6.63. The van der Waals surface area contributed by atoms with E-state index in [-0.39, 0.29) is 15.7 Å². The van der Waals surface area contributed by atoms with E-state index in [0.29, 0.717) is 15.9 Å². The summed E-state index contributed by atoms with van der Waals surface area (Å²) in [7, 11) is 0. The third-order valence-corrected chi connectivity index (χ3v) is 3.98. The van der Waals surface area contributed by atoms with Crippen LogP contribution in [0.1, 0.15) is 10.5 Å². The van der Waals surface area contributed by atoms with E-state index < -0.39 is 5.91 Å². The number of hydrogen-bond donors (Lipinski definition) is 1. The molecule has 0 aliphatic heterocycles. The first-order chi connectivity index (χ1) is 9.52. The number of hydrogen-bond acceptors (Lipinski definition) is 4. The number of nitrogens with zero attached hydrogens (tertiary/aromatic N) is 2. The van der Waals surface area contributed by atoms with Crippen LogP contribution in [0.2, 0.25) is 15.1 Å². The normalized spacial score (nSPS) is 10.4. The molecule has 0 unspecified atom stereocenters. The zero-order valence-corrected chi connectivity index (χ0v) is 13.2. The Bertz CT molecular complexity index is 666. The number of aromatic nitrogens is 2. The zero-order valence-electron chi connectivity index (χ0n) is 10.2. The Balaban J connectivity index is 2.30. The molecule has 0 saturated carbocycles. The average molecular weight is 349 g/mol. The minimum atomic E-state index is -0.475. The highest BCUT2D eigenvalue weighted by atomic mass is 35.5. The van der Waals surface area contributed by atoms with Crippen molar-refractivity contribution in [3.8, 4) is 0 Å². The zero-order chi connectivity index (χ0) is 14.7. The first kappa shape index (κ1) is 15.4. The molecule has 20 heavy (non-hydrogen) atoms. The van der Waals surface area contributed by atoms with Crippen molar-refractivity contribution in [1.82, 2.24) is 9.97 Å². The van der Waals surface area contributed by atoms with Gasteiger partial charge >= 0.3 is 0 Å². The molecule has 1 aromatic carbocycles. The van der Waals surface area contributed by atoms with Crippen LogP contribution in [0, 0.1) is 0 Å². The fourth-order valence-electron chi connectivity index (χ4n) is 1.39. The van der Waals surface area contributed by atoms with Crippen molar-refractivity contribution in [2.24, 2.45) is 0 Å². The van der Waals surface area contributed by atoms with E-state index in [1.807, 2.05) is 0 Å². The second-order valence-corrected chi connectivity index (χ2v) is 5.57. The quantitative estimate of drug-likeness (QED) is 0.659. The highest BCUT2D eigenvalue weighted by molar-refractivity contribution is 7.98. The van der Waals surface area contributed by atoms with Crippen LogP contribution in [0.4, 0.5) is 5.69 Å². The molecule has 0 aliphatic carbocycles. The fraction of sp³-hybridized carbons (Fsp3) is 0.0833. The van der Waals surface area contributed by atoms with Crippen molar-refractivity contribution >= 4 is 58.2 Å².